The van der Waals surface area contributed by atoms with Crippen molar-refractivity contribution < 1.29 is 4.74 Å². The van der Waals surface area contributed by atoms with Crippen LogP contribution in [0.1, 0.15) is 49.7 Å². The summed E-state index contributed by atoms with van der Waals surface area (Å²) in [6.07, 6.45) is 7.77. The van der Waals surface area contributed by atoms with Crippen LogP contribution < -0.4 is 5.32 Å². The Morgan fingerprint density at radius 3 is 2.84 bits per heavy atom. The maximum Gasteiger partial charge on any atom is 0.133 e. The second-order valence-electron chi connectivity index (χ2n) is 5.14. The topological polar surface area (TPSA) is 47.0 Å². The van der Waals surface area contributed by atoms with Crippen LogP contribution in [0, 0.1) is 0 Å². The summed E-state index contributed by atoms with van der Waals surface area (Å²) in [4.78, 5) is 9.46. The summed E-state index contributed by atoms with van der Waals surface area (Å²) < 4.78 is 5.10. The molecule has 19 heavy (non-hydrogen) atoms. The van der Waals surface area contributed by atoms with Crippen LogP contribution in [0.25, 0.3) is 0 Å². The highest BCUT2D eigenvalue weighted by Gasteiger charge is 2.17. The van der Waals surface area contributed by atoms with Gasteiger partial charge in [-0.3, -0.25) is 0 Å². The van der Waals surface area contributed by atoms with E-state index in [1.807, 2.05) is 0 Å². The summed E-state index contributed by atoms with van der Waals surface area (Å²) in [5.74, 6) is 2.05. The van der Waals surface area contributed by atoms with Gasteiger partial charge in [0.1, 0.15) is 11.6 Å². The lowest BCUT2D eigenvalue weighted by Crippen LogP contribution is -2.15. The third kappa shape index (κ3) is 3.90. The molecule has 0 saturated heterocycles. The lowest BCUT2D eigenvalue weighted by molar-refractivity contribution is 0.194. The summed E-state index contributed by atoms with van der Waals surface area (Å²) in [6.45, 7) is 3.94. The second-order valence-corrected chi connectivity index (χ2v) is 5.14. The molecule has 1 heterocycles. The maximum atomic E-state index is 5.10. The Kier molecular flexibility index (Phi) is 5.58. The van der Waals surface area contributed by atoms with Gasteiger partial charge in [0, 0.05) is 37.9 Å². The van der Waals surface area contributed by atoms with E-state index < -0.39 is 0 Å². The van der Waals surface area contributed by atoms with E-state index in [0.29, 0.717) is 0 Å². The first-order valence-electron chi connectivity index (χ1n) is 7.46. The zero-order valence-corrected chi connectivity index (χ0v) is 12.2. The van der Waals surface area contributed by atoms with Crippen molar-refractivity contribution in [2.75, 3.05) is 25.6 Å². The number of fused-ring (bicyclic) bond motifs is 1. The van der Waals surface area contributed by atoms with Gasteiger partial charge in [-0.05, 0) is 38.5 Å². The highest BCUT2D eigenvalue weighted by molar-refractivity contribution is 5.47. The highest BCUT2D eigenvalue weighted by Crippen LogP contribution is 2.25. The van der Waals surface area contributed by atoms with Crippen LogP contribution in [0.15, 0.2) is 0 Å². The Bertz CT molecular complexity index is 407. The molecule has 0 saturated carbocycles. The van der Waals surface area contributed by atoms with Crippen LogP contribution in [-0.4, -0.2) is 30.2 Å². The molecule has 1 aromatic rings. The molecule has 1 N–H and O–H groups in total. The molecular weight excluding hydrogens is 238 g/mol. The van der Waals surface area contributed by atoms with Crippen molar-refractivity contribution in [1.29, 1.82) is 0 Å². The van der Waals surface area contributed by atoms with Crippen LogP contribution in [0.4, 0.5) is 5.82 Å². The van der Waals surface area contributed by atoms with E-state index in [1.165, 1.54) is 24.1 Å². The molecule has 1 aliphatic carbocycles. The Hall–Kier alpha value is -1.16. The van der Waals surface area contributed by atoms with Crippen molar-refractivity contribution in [2.45, 2.75) is 51.9 Å². The molecule has 0 atom stereocenters. The lowest BCUT2D eigenvalue weighted by atomic mass is 9.96. The molecule has 1 aromatic heterocycles. The Balaban J connectivity index is 2.15. The van der Waals surface area contributed by atoms with Gasteiger partial charge in [0.2, 0.25) is 0 Å². The highest BCUT2D eigenvalue weighted by atomic mass is 16.5. The van der Waals surface area contributed by atoms with Gasteiger partial charge in [0.25, 0.3) is 0 Å². The van der Waals surface area contributed by atoms with E-state index in [2.05, 4.69) is 12.2 Å². The van der Waals surface area contributed by atoms with Gasteiger partial charge in [-0.2, -0.15) is 0 Å². The van der Waals surface area contributed by atoms with E-state index in [0.717, 1.165) is 56.9 Å². The fraction of sp³-hybridized carbons (Fsp3) is 0.733. The van der Waals surface area contributed by atoms with Crippen molar-refractivity contribution in [3.05, 3.63) is 17.1 Å². The molecular formula is C15H25N3O. The summed E-state index contributed by atoms with van der Waals surface area (Å²) in [5.41, 5.74) is 2.63. The van der Waals surface area contributed by atoms with Crippen LogP contribution in [0.5, 0.6) is 0 Å². The molecule has 106 valence electrons. The molecule has 0 fully saturated rings. The van der Waals surface area contributed by atoms with Crippen molar-refractivity contribution in [2.24, 2.45) is 0 Å². The van der Waals surface area contributed by atoms with Crippen LogP contribution in [0.2, 0.25) is 0 Å². The first-order chi connectivity index (χ1) is 9.35. The van der Waals surface area contributed by atoms with E-state index >= 15 is 0 Å². The van der Waals surface area contributed by atoms with Crippen molar-refractivity contribution in [3.63, 3.8) is 0 Å². The number of hydrogen-bond acceptors (Lipinski definition) is 4. The number of aryl methyl sites for hydroxylation is 2. The van der Waals surface area contributed by atoms with Gasteiger partial charge < -0.3 is 10.1 Å². The third-order valence-corrected chi connectivity index (χ3v) is 3.52. The minimum absolute atomic E-state index is 0.776. The van der Waals surface area contributed by atoms with Crippen LogP contribution in [0.3, 0.4) is 0 Å². The van der Waals surface area contributed by atoms with Gasteiger partial charge >= 0.3 is 0 Å². The fourth-order valence-electron chi connectivity index (χ4n) is 2.52. The monoisotopic (exact) mass is 263 g/mol. The Morgan fingerprint density at radius 2 is 2.05 bits per heavy atom. The summed E-state index contributed by atoms with van der Waals surface area (Å²) >= 11 is 0. The Labute approximate surface area is 116 Å². The fourth-order valence-corrected chi connectivity index (χ4v) is 2.52. The first kappa shape index (κ1) is 14.3. The molecule has 2 rings (SSSR count). The number of ether oxygens (including phenoxy) is 1. The molecule has 0 spiro atoms. The average Bonchev–Trinajstić information content (AvgIpc) is 2.45. The van der Waals surface area contributed by atoms with Crippen LogP contribution in [-0.2, 0) is 24.0 Å². The van der Waals surface area contributed by atoms with Gasteiger partial charge in [-0.25, -0.2) is 9.97 Å². The summed E-state index contributed by atoms with van der Waals surface area (Å²) in [7, 11) is 1.74. The van der Waals surface area contributed by atoms with E-state index in [9.17, 15) is 0 Å². The number of nitrogens with one attached hydrogen (secondary N) is 1. The van der Waals surface area contributed by atoms with Crippen molar-refractivity contribution in [3.8, 4) is 0 Å². The molecule has 0 aliphatic heterocycles. The van der Waals surface area contributed by atoms with Gasteiger partial charge in [0.15, 0.2) is 0 Å². The van der Waals surface area contributed by atoms with Gasteiger partial charge in [-0.15, -0.1) is 0 Å². The predicted molar refractivity (Wildman–Crippen MR) is 77.7 cm³/mol. The molecule has 0 bridgehead atoms. The number of anilines is 1. The predicted octanol–water partition coefficient (Wildman–Crippen LogP) is 2.76. The quantitative estimate of drug-likeness (QED) is 0.768. The number of hydrogen-bond donors (Lipinski definition) is 1. The van der Waals surface area contributed by atoms with E-state index in [4.69, 9.17) is 14.7 Å². The standard InChI is InChI=1S/C15H25N3O/c1-3-10-16-15-12-7-4-5-8-13(12)17-14(18-15)9-6-11-19-2/h3-11H2,1-2H3,(H,16,17,18). The number of aromatic nitrogens is 2. The average molecular weight is 263 g/mol. The van der Waals surface area contributed by atoms with E-state index in [1.54, 1.807) is 7.11 Å². The summed E-state index contributed by atoms with van der Waals surface area (Å²) in [6, 6.07) is 0. The number of rotatable bonds is 7. The Morgan fingerprint density at radius 1 is 1.21 bits per heavy atom. The lowest BCUT2D eigenvalue weighted by Gasteiger charge is -2.19. The summed E-state index contributed by atoms with van der Waals surface area (Å²) in [5, 5.41) is 3.47. The minimum Gasteiger partial charge on any atom is -0.385 e. The SMILES string of the molecule is CCCNc1nc(CCCOC)nc2c1CCCC2. The largest absolute Gasteiger partial charge is 0.385 e. The molecule has 0 radical (unpaired) electrons. The maximum absolute atomic E-state index is 5.10. The molecule has 0 unspecified atom stereocenters. The first-order valence-corrected chi connectivity index (χ1v) is 7.46. The van der Waals surface area contributed by atoms with Gasteiger partial charge in [0.05, 0.1) is 0 Å². The molecule has 4 nitrogen and oxygen atoms in total. The van der Waals surface area contributed by atoms with E-state index in [-0.39, 0.29) is 0 Å². The van der Waals surface area contributed by atoms with Crippen LogP contribution >= 0.6 is 0 Å². The normalized spacial score (nSPS) is 14.2. The molecule has 1 aliphatic rings. The van der Waals surface area contributed by atoms with Crippen molar-refractivity contribution >= 4 is 5.82 Å². The second kappa shape index (κ2) is 7.43. The number of nitrogens with zero attached hydrogens (tertiary/aromatic N) is 2. The molecule has 0 amide bonds. The van der Waals surface area contributed by atoms with Crippen molar-refractivity contribution in [1.82, 2.24) is 9.97 Å². The molecule has 4 heteroatoms. The van der Waals surface area contributed by atoms with Gasteiger partial charge in [-0.1, -0.05) is 6.92 Å². The number of methoxy groups -OCH3 is 1. The molecule has 0 aromatic carbocycles. The third-order valence-electron chi connectivity index (χ3n) is 3.52. The zero-order valence-electron chi connectivity index (χ0n) is 12.2. The zero-order chi connectivity index (χ0) is 13.5. The minimum atomic E-state index is 0.776. The smallest absolute Gasteiger partial charge is 0.133 e.